The molecule has 2 aromatic heterocycles. The van der Waals surface area contributed by atoms with Crippen molar-refractivity contribution in [1.29, 1.82) is 0 Å². The summed E-state index contributed by atoms with van der Waals surface area (Å²) in [6, 6.07) is 0. The zero-order valence-corrected chi connectivity index (χ0v) is 17.9. The molecule has 7 heteroatoms. The third-order valence-electron chi connectivity index (χ3n) is 6.97. The maximum atomic E-state index is 12.9. The Hall–Kier alpha value is -1.73. The number of nitrogens with zero attached hydrogens (tertiary/aromatic N) is 2. The van der Waals surface area contributed by atoms with Gasteiger partial charge in [-0.05, 0) is 63.4 Å². The average molecular weight is 416 g/mol. The van der Waals surface area contributed by atoms with E-state index in [1.54, 1.807) is 11.3 Å². The minimum atomic E-state index is 0.0191. The molecule has 156 valence electrons. The van der Waals surface area contributed by atoms with Gasteiger partial charge in [0.15, 0.2) is 6.54 Å². The van der Waals surface area contributed by atoms with E-state index in [1.165, 1.54) is 47.4 Å². The number of nitrogens with one attached hydrogen (secondary N) is 2. The van der Waals surface area contributed by atoms with Crippen LogP contribution in [0.1, 0.15) is 67.1 Å². The molecule has 0 spiro atoms. The first kappa shape index (κ1) is 19.2. The lowest BCUT2D eigenvalue weighted by atomic mass is 9.96. The largest absolute Gasteiger partial charge is 0.337 e. The molecule has 4 heterocycles. The maximum absolute atomic E-state index is 12.9. The lowest BCUT2D eigenvalue weighted by Crippen LogP contribution is -3.13. The molecule has 1 aliphatic carbocycles. The van der Waals surface area contributed by atoms with Gasteiger partial charge in [0.1, 0.15) is 10.7 Å². The van der Waals surface area contributed by atoms with E-state index in [2.05, 4.69) is 4.98 Å². The molecular weight excluding hydrogens is 384 g/mol. The first-order chi connectivity index (χ1) is 14.2. The van der Waals surface area contributed by atoms with Crippen molar-refractivity contribution in [3.63, 3.8) is 0 Å². The number of aromatic amines is 1. The van der Waals surface area contributed by atoms with Gasteiger partial charge < -0.3 is 14.8 Å². The summed E-state index contributed by atoms with van der Waals surface area (Å²) in [6.07, 6.45) is 10.2. The molecule has 0 aromatic carbocycles. The number of aromatic nitrogens is 2. The topological polar surface area (TPSA) is 70.5 Å². The Labute approximate surface area is 175 Å². The number of hydrogen-bond donors (Lipinski definition) is 2. The van der Waals surface area contributed by atoms with E-state index < -0.39 is 0 Å². The zero-order chi connectivity index (χ0) is 19.8. The smallest absolute Gasteiger partial charge is 0.277 e. The number of carbonyl (C=O) groups excluding carboxylic acids is 1. The van der Waals surface area contributed by atoms with Gasteiger partial charge in [-0.2, -0.15) is 0 Å². The van der Waals surface area contributed by atoms with E-state index in [1.807, 2.05) is 4.90 Å². The van der Waals surface area contributed by atoms with Crippen molar-refractivity contribution in [2.45, 2.75) is 63.7 Å². The molecule has 5 rings (SSSR count). The number of quaternary nitrogens is 1. The molecule has 3 aliphatic rings. The molecule has 1 amide bonds. The van der Waals surface area contributed by atoms with Crippen LogP contribution >= 0.6 is 11.3 Å². The number of rotatable bonds is 3. The summed E-state index contributed by atoms with van der Waals surface area (Å²) >= 11 is 1.71. The van der Waals surface area contributed by atoms with Crippen LogP contribution < -0.4 is 10.5 Å². The van der Waals surface area contributed by atoms with Gasteiger partial charge >= 0.3 is 0 Å². The van der Waals surface area contributed by atoms with Gasteiger partial charge in [0.2, 0.25) is 0 Å². The predicted octanol–water partition coefficient (Wildman–Crippen LogP) is 1.64. The lowest BCUT2D eigenvalue weighted by molar-refractivity contribution is -0.897. The molecule has 1 atom stereocenters. The monoisotopic (exact) mass is 415 g/mol. The first-order valence-electron chi connectivity index (χ1n) is 11.3. The molecule has 29 heavy (non-hydrogen) atoms. The van der Waals surface area contributed by atoms with Crippen molar-refractivity contribution in [1.82, 2.24) is 14.9 Å². The van der Waals surface area contributed by atoms with Crippen LogP contribution in [0.5, 0.6) is 0 Å². The Morgan fingerprint density at radius 1 is 1.14 bits per heavy atom. The van der Waals surface area contributed by atoms with Gasteiger partial charge in [0.05, 0.1) is 18.5 Å². The number of amides is 1. The second-order valence-corrected chi connectivity index (χ2v) is 10.1. The fourth-order valence-electron chi connectivity index (χ4n) is 5.35. The quantitative estimate of drug-likeness (QED) is 0.801. The van der Waals surface area contributed by atoms with Crippen molar-refractivity contribution in [3.05, 3.63) is 26.6 Å². The maximum Gasteiger partial charge on any atom is 0.277 e. The third kappa shape index (κ3) is 3.87. The third-order valence-corrected chi connectivity index (χ3v) is 8.15. The molecule has 2 aliphatic heterocycles. The fraction of sp³-hybridized carbons (Fsp3) is 0.682. The van der Waals surface area contributed by atoms with E-state index in [-0.39, 0.29) is 17.4 Å². The second-order valence-electron chi connectivity index (χ2n) is 9.01. The predicted molar refractivity (Wildman–Crippen MR) is 115 cm³/mol. The summed E-state index contributed by atoms with van der Waals surface area (Å²) in [5, 5.41) is 0.825. The van der Waals surface area contributed by atoms with E-state index in [9.17, 15) is 9.59 Å². The summed E-state index contributed by atoms with van der Waals surface area (Å²) < 4.78 is 0. The first-order valence-corrected chi connectivity index (χ1v) is 12.2. The molecule has 0 bridgehead atoms. The molecule has 2 saturated heterocycles. The van der Waals surface area contributed by atoms with Gasteiger partial charge in [-0.25, -0.2) is 4.98 Å². The van der Waals surface area contributed by atoms with Crippen LogP contribution in [0.4, 0.5) is 0 Å². The van der Waals surface area contributed by atoms with Crippen LogP contribution in [-0.4, -0.2) is 53.5 Å². The zero-order valence-electron chi connectivity index (χ0n) is 17.1. The summed E-state index contributed by atoms with van der Waals surface area (Å²) in [6.45, 7) is 4.39. The number of likely N-dealkylation sites (tertiary alicyclic amines) is 2. The molecule has 2 fully saturated rings. The van der Waals surface area contributed by atoms with E-state index in [0.717, 1.165) is 61.4 Å². The standard InChI is InChI=1S/C22H30N4O2S/c27-18(14-25-10-4-1-5-11-25)26-12-6-7-15(13-26)20-23-21(28)19-16-8-2-3-9-17(16)29-22(19)24-20/h15H,1-14H2,(H,23,24,28)/p+1/t15-/m0/s1. The second kappa shape index (κ2) is 8.19. The van der Waals surface area contributed by atoms with Crippen LogP contribution in [0.25, 0.3) is 10.2 Å². The molecule has 2 aromatic rings. The van der Waals surface area contributed by atoms with Gasteiger partial charge in [-0.1, -0.05) is 0 Å². The molecule has 0 saturated carbocycles. The number of fused-ring (bicyclic) bond motifs is 3. The Morgan fingerprint density at radius 3 is 2.83 bits per heavy atom. The molecule has 0 radical (unpaired) electrons. The van der Waals surface area contributed by atoms with E-state index >= 15 is 0 Å². The Morgan fingerprint density at radius 2 is 1.97 bits per heavy atom. The van der Waals surface area contributed by atoms with Crippen LogP contribution in [0.3, 0.4) is 0 Å². The minimum absolute atomic E-state index is 0.0191. The molecule has 0 unspecified atom stereocenters. The highest BCUT2D eigenvalue weighted by atomic mass is 32.1. The average Bonchev–Trinajstić information content (AvgIpc) is 3.13. The van der Waals surface area contributed by atoms with Crippen LogP contribution in [0.15, 0.2) is 4.79 Å². The summed E-state index contributed by atoms with van der Waals surface area (Å²) in [7, 11) is 0. The van der Waals surface area contributed by atoms with Crippen molar-refractivity contribution >= 4 is 27.5 Å². The number of aryl methyl sites for hydroxylation is 2. The van der Waals surface area contributed by atoms with Crippen molar-refractivity contribution in [2.75, 3.05) is 32.7 Å². The van der Waals surface area contributed by atoms with Gasteiger partial charge in [-0.15, -0.1) is 11.3 Å². The van der Waals surface area contributed by atoms with E-state index in [0.29, 0.717) is 13.1 Å². The summed E-state index contributed by atoms with van der Waals surface area (Å²) in [5.74, 6) is 1.19. The number of carbonyl (C=O) groups is 1. The number of hydrogen-bond acceptors (Lipinski definition) is 4. The highest BCUT2D eigenvalue weighted by Gasteiger charge is 2.30. The molecule has 2 N–H and O–H groups in total. The highest BCUT2D eigenvalue weighted by molar-refractivity contribution is 7.18. The Kier molecular flexibility index (Phi) is 5.43. The molecule has 6 nitrogen and oxygen atoms in total. The Bertz CT molecular complexity index is 960. The van der Waals surface area contributed by atoms with Crippen LogP contribution in [0.2, 0.25) is 0 Å². The van der Waals surface area contributed by atoms with Crippen LogP contribution in [0, 0.1) is 0 Å². The summed E-state index contributed by atoms with van der Waals surface area (Å²) in [4.78, 5) is 39.4. The van der Waals surface area contributed by atoms with Gasteiger partial charge in [0, 0.05) is 23.9 Å². The van der Waals surface area contributed by atoms with Gasteiger partial charge in [-0.3, -0.25) is 9.59 Å². The normalized spacial score (nSPS) is 23.3. The summed E-state index contributed by atoms with van der Waals surface area (Å²) in [5.41, 5.74) is 1.26. The van der Waals surface area contributed by atoms with Gasteiger partial charge in [0.25, 0.3) is 11.5 Å². The van der Waals surface area contributed by atoms with Crippen LogP contribution in [-0.2, 0) is 17.6 Å². The van der Waals surface area contributed by atoms with E-state index in [4.69, 9.17) is 4.98 Å². The molecular formula is C22H31N4O2S+. The highest BCUT2D eigenvalue weighted by Crippen LogP contribution is 2.34. The Balaban J connectivity index is 1.34. The minimum Gasteiger partial charge on any atom is -0.337 e. The van der Waals surface area contributed by atoms with Crippen molar-refractivity contribution in [3.8, 4) is 0 Å². The van der Waals surface area contributed by atoms with Crippen molar-refractivity contribution in [2.24, 2.45) is 0 Å². The number of H-pyrrole nitrogens is 1. The lowest BCUT2D eigenvalue weighted by Gasteiger charge is -2.33. The fourth-order valence-corrected chi connectivity index (χ4v) is 6.62. The SMILES string of the molecule is O=C(C[NH+]1CCCCC1)N1CCC[C@H](c2nc3sc4c(c3c(=O)[nH]2)CCCC4)C1. The van der Waals surface area contributed by atoms with Crippen molar-refractivity contribution < 1.29 is 9.69 Å². The number of piperidine rings is 2. The number of thiophene rings is 1.